The van der Waals surface area contributed by atoms with E-state index in [-0.39, 0.29) is 24.7 Å². The molecule has 1 aromatic heterocycles. The number of halogens is 3. The third-order valence-electron chi connectivity index (χ3n) is 4.68. The van der Waals surface area contributed by atoms with Gasteiger partial charge in [-0.25, -0.2) is 0 Å². The van der Waals surface area contributed by atoms with E-state index in [4.69, 9.17) is 4.42 Å². The summed E-state index contributed by atoms with van der Waals surface area (Å²) in [5, 5.41) is 11.3. The fraction of sp³-hybridized carbons (Fsp3) is 0.389. The van der Waals surface area contributed by atoms with Crippen LogP contribution < -0.4 is 4.90 Å². The van der Waals surface area contributed by atoms with Crippen LogP contribution in [-0.2, 0) is 6.18 Å². The number of nitrogens with zero attached hydrogens (tertiary/aromatic N) is 3. The quantitative estimate of drug-likeness (QED) is 0.582. The fourth-order valence-corrected chi connectivity index (χ4v) is 3.28. The highest BCUT2D eigenvalue weighted by atomic mass is 19.4. The first-order valence-electron chi connectivity index (χ1n) is 8.55. The number of carbonyl (C=O) groups is 1. The maximum absolute atomic E-state index is 12.9. The van der Waals surface area contributed by atoms with Gasteiger partial charge in [-0.2, -0.15) is 13.2 Å². The van der Waals surface area contributed by atoms with Gasteiger partial charge in [0.25, 0.3) is 11.6 Å². The van der Waals surface area contributed by atoms with Crippen molar-refractivity contribution in [3.8, 4) is 0 Å². The first kappa shape index (κ1) is 19.7. The molecule has 0 bridgehead atoms. The second kappa shape index (κ2) is 7.17. The van der Waals surface area contributed by atoms with Crippen molar-refractivity contribution in [2.45, 2.75) is 20.0 Å². The molecule has 0 unspecified atom stereocenters. The number of anilines is 1. The molecule has 1 aromatic carbocycles. The summed E-state index contributed by atoms with van der Waals surface area (Å²) in [5.74, 6) is 0.944. The van der Waals surface area contributed by atoms with Crippen LogP contribution in [0.25, 0.3) is 0 Å². The van der Waals surface area contributed by atoms with Gasteiger partial charge in [0.15, 0.2) is 0 Å². The number of piperazine rings is 1. The minimum absolute atomic E-state index is 0.112. The van der Waals surface area contributed by atoms with Crippen LogP contribution in [0.4, 0.5) is 24.5 Å². The Morgan fingerprint density at radius 1 is 1.14 bits per heavy atom. The summed E-state index contributed by atoms with van der Waals surface area (Å²) in [5.41, 5.74) is -1.09. The standard InChI is InChI=1S/C18H18F3N3O4/c1-11-9-14(12(2)28-11)17(25)23-7-5-22(6-8-23)15-4-3-13(18(19,20)21)10-16(15)24(26)27/h3-4,9-10H,5-8H2,1-2H3. The van der Waals surface area contributed by atoms with E-state index < -0.39 is 22.4 Å². The molecule has 0 radical (unpaired) electrons. The molecule has 1 aliphatic rings. The van der Waals surface area contributed by atoms with Crippen LogP contribution in [0.1, 0.15) is 27.4 Å². The Labute approximate surface area is 158 Å². The first-order chi connectivity index (χ1) is 13.1. The van der Waals surface area contributed by atoms with Crippen LogP contribution in [0, 0.1) is 24.0 Å². The second-order valence-corrected chi connectivity index (χ2v) is 6.56. The highest BCUT2D eigenvalue weighted by Crippen LogP contribution is 2.36. The van der Waals surface area contributed by atoms with E-state index in [9.17, 15) is 28.1 Å². The van der Waals surface area contributed by atoms with Crippen molar-refractivity contribution in [3.63, 3.8) is 0 Å². The van der Waals surface area contributed by atoms with Crippen molar-refractivity contribution >= 4 is 17.3 Å². The highest BCUT2D eigenvalue weighted by Gasteiger charge is 2.34. The van der Waals surface area contributed by atoms with Crippen LogP contribution in [0.2, 0.25) is 0 Å². The van der Waals surface area contributed by atoms with E-state index in [2.05, 4.69) is 0 Å². The zero-order chi connectivity index (χ0) is 20.6. The SMILES string of the molecule is Cc1cc(C(=O)N2CCN(c3ccc(C(F)(F)F)cc3[N+](=O)[O-])CC2)c(C)o1. The van der Waals surface area contributed by atoms with Crippen molar-refractivity contribution in [1.29, 1.82) is 0 Å². The van der Waals surface area contributed by atoms with Crippen LogP contribution in [-0.4, -0.2) is 41.9 Å². The van der Waals surface area contributed by atoms with Gasteiger partial charge in [-0.05, 0) is 32.0 Å². The lowest BCUT2D eigenvalue weighted by Gasteiger charge is -2.35. The number of nitro groups is 1. The van der Waals surface area contributed by atoms with Crippen molar-refractivity contribution in [2.24, 2.45) is 0 Å². The fourth-order valence-electron chi connectivity index (χ4n) is 3.28. The molecule has 0 N–H and O–H groups in total. The molecule has 1 aliphatic heterocycles. The van der Waals surface area contributed by atoms with Crippen molar-refractivity contribution in [3.05, 3.63) is 57.0 Å². The Morgan fingerprint density at radius 3 is 2.29 bits per heavy atom. The van der Waals surface area contributed by atoms with Gasteiger partial charge >= 0.3 is 6.18 Å². The molecule has 10 heteroatoms. The van der Waals surface area contributed by atoms with Gasteiger partial charge in [0.05, 0.1) is 16.1 Å². The van der Waals surface area contributed by atoms with Gasteiger partial charge in [0, 0.05) is 32.2 Å². The molecule has 2 heterocycles. The maximum Gasteiger partial charge on any atom is 0.416 e. The number of benzene rings is 1. The third kappa shape index (κ3) is 3.80. The van der Waals surface area contributed by atoms with E-state index in [1.165, 1.54) is 0 Å². The topological polar surface area (TPSA) is 79.8 Å². The Balaban J connectivity index is 1.77. The first-order valence-corrected chi connectivity index (χ1v) is 8.55. The van der Waals surface area contributed by atoms with E-state index in [1.807, 2.05) is 0 Å². The maximum atomic E-state index is 12.9. The summed E-state index contributed by atoms with van der Waals surface area (Å²) < 4.78 is 43.9. The van der Waals surface area contributed by atoms with Crippen molar-refractivity contribution < 1.29 is 27.3 Å². The average Bonchev–Trinajstić information content (AvgIpc) is 2.98. The molecule has 0 aliphatic carbocycles. The molecule has 1 fully saturated rings. The van der Waals surface area contributed by atoms with E-state index in [0.717, 1.165) is 12.1 Å². The normalized spacial score (nSPS) is 15.0. The van der Waals surface area contributed by atoms with Gasteiger partial charge in [0.1, 0.15) is 17.2 Å². The molecule has 1 saturated heterocycles. The molecule has 0 atom stereocenters. The number of furan rings is 1. The van der Waals surface area contributed by atoms with Crippen LogP contribution in [0.3, 0.4) is 0 Å². The number of aryl methyl sites for hydroxylation is 2. The summed E-state index contributed by atoms with van der Waals surface area (Å²) in [6.45, 7) is 4.57. The average molecular weight is 397 g/mol. The summed E-state index contributed by atoms with van der Waals surface area (Å²) in [7, 11) is 0. The Kier molecular flexibility index (Phi) is 5.05. The number of carbonyl (C=O) groups excluding carboxylic acids is 1. The summed E-state index contributed by atoms with van der Waals surface area (Å²) in [4.78, 5) is 26.3. The minimum atomic E-state index is -4.66. The largest absolute Gasteiger partial charge is 0.466 e. The van der Waals surface area contributed by atoms with Crippen LogP contribution in [0.15, 0.2) is 28.7 Å². The molecule has 7 nitrogen and oxygen atoms in total. The molecule has 0 saturated carbocycles. The van der Waals surface area contributed by atoms with Gasteiger partial charge in [0.2, 0.25) is 0 Å². The predicted octanol–water partition coefficient (Wildman–Crippen LogP) is 3.79. The smallest absolute Gasteiger partial charge is 0.416 e. The lowest BCUT2D eigenvalue weighted by atomic mass is 10.1. The molecule has 28 heavy (non-hydrogen) atoms. The monoisotopic (exact) mass is 397 g/mol. The van der Waals surface area contributed by atoms with Gasteiger partial charge < -0.3 is 14.2 Å². The summed E-state index contributed by atoms with van der Waals surface area (Å²) in [6.07, 6.45) is -4.66. The minimum Gasteiger partial charge on any atom is -0.466 e. The van der Waals surface area contributed by atoms with Crippen molar-refractivity contribution in [2.75, 3.05) is 31.1 Å². The summed E-state index contributed by atoms with van der Waals surface area (Å²) >= 11 is 0. The molecule has 3 rings (SSSR count). The summed E-state index contributed by atoms with van der Waals surface area (Å²) in [6, 6.07) is 4.15. The van der Waals surface area contributed by atoms with E-state index in [0.29, 0.717) is 36.2 Å². The van der Waals surface area contributed by atoms with Crippen LogP contribution in [0.5, 0.6) is 0 Å². The number of rotatable bonds is 3. The number of hydrogen-bond donors (Lipinski definition) is 0. The second-order valence-electron chi connectivity index (χ2n) is 6.56. The molecular weight excluding hydrogens is 379 g/mol. The zero-order valence-electron chi connectivity index (χ0n) is 15.2. The highest BCUT2D eigenvalue weighted by molar-refractivity contribution is 5.95. The number of hydrogen-bond acceptors (Lipinski definition) is 5. The lowest BCUT2D eigenvalue weighted by molar-refractivity contribution is -0.384. The molecule has 0 spiro atoms. The van der Waals surface area contributed by atoms with Crippen LogP contribution >= 0.6 is 0 Å². The predicted molar refractivity (Wildman–Crippen MR) is 94.4 cm³/mol. The molecule has 2 aromatic rings. The van der Waals surface area contributed by atoms with E-state index in [1.54, 1.807) is 29.7 Å². The number of alkyl halides is 3. The van der Waals surface area contributed by atoms with Gasteiger partial charge in [-0.15, -0.1) is 0 Å². The lowest BCUT2D eigenvalue weighted by Crippen LogP contribution is -2.49. The molecular formula is C18H18F3N3O4. The molecule has 1 amide bonds. The van der Waals surface area contributed by atoms with E-state index >= 15 is 0 Å². The Hall–Kier alpha value is -3.04. The Morgan fingerprint density at radius 2 is 1.79 bits per heavy atom. The Bertz CT molecular complexity index is 915. The van der Waals surface area contributed by atoms with Gasteiger partial charge in [-0.1, -0.05) is 0 Å². The third-order valence-corrected chi connectivity index (χ3v) is 4.68. The number of amides is 1. The molecule has 150 valence electrons. The number of nitro benzene ring substituents is 1. The zero-order valence-corrected chi connectivity index (χ0v) is 15.2. The van der Waals surface area contributed by atoms with Crippen molar-refractivity contribution in [1.82, 2.24) is 4.90 Å². The van der Waals surface area contributed by atoms with Gasteiger partial charge in [-0.3, -0.25) is 14.9 Å².